The molecule has 6 heteroatoms. The molecule has 0 radical (unpaired) electrons. The van der Waals surface area contributed by atoms with Gasteiger partial charge in [0, 0.05) is 12.6 Å². The van der Waals surface area contributed by atoms with Gasteiger partial charge in [0.05, 0.1) is 0 Å². The zero-order valence-corrected chi connectivity index (χ0v) is 9.26. The summed E-state index contributed by atoms with van der Waals surface area (Å²) in [5.41, 5.74) is 0. The van der Waals surface area contributed by atoms with E-state index in [1.165, 1.54) is 18.3 Å². The van der Waals surface area contributed by atoms with Gasteiger partial charge in [0.1, 0.15) is 11.2 Å². The lowest BCUT2D eigenvalue weighted by Gasteiger charge is -1.99. The average molecular weight is 241 g/mol. The highest BCUT2D eigenvalue weighted by Gasteiger charge is 2.13. The predicted octanol–water partition coefficient (Wildman–Crippen LogP) is 1.36. The van der Waals surface area contributed by atoms with Gasteiger partial charge in [-0.15, -0.1) is 0 Å². The van der Waals surface area contributed by atoms with Crippen LogP contribution in [0.15, 0.2) is 40.4 Å². The highest BCUT2D eigenvalue weighted by atomic mass is 32.2. The molecule has 0 unspecified atom stereocenters. The van der Waals surface area contributed by atoms with Crippen molar-refractivity contribution in [2.24, 2.45) is 5.16 Å². The second-order valence-corrected chi connectivity index (χ2v) is 4.40. The molecule has 0 saturated heterocycles. The van der Waals surface area contributed by atoms with Gasteiger partial charge in [-0.25, -0.2) is 0 Å². The quantitative estimate of drug-likeness (QED) is 0.326. The Hall–Kier alpha value is -1.69. The standard InChI is InChI=1S/C10H11NO4S/c12-9-5-4-8-11-15-16(13,14)10-6-2-1-3-7-10/h1-3,6-9H,4-5H2/b11-8+. The molecule has 0 heterocycles. The van der Waals surface area contributed by atoms with Crippen molar-refractivity contribution in [3.63, 3.8) is 0 Å². The zero-order valence-electron chi connectivity index (χ0n) is 8.44. The highest BCUT2D eigenvalue weighted by molar-refractivity contribution is 7.86. The summed E-state index contributed by atoms with van der Waals surface area (Å²) < 4.78 is 27.3. The number of hydrogen-bond donors (Lipinski definition) is 0. The van der Waals surface area contributed by atoms with Crippen molar-refractivity contribution in [3.8, 4) is 0 Å². The molecule has 5 nitrogen and oxygen atoms in total. The number of nitrogens with zero attached hydrogens (tertiary/aromatic N) is 1. The lowest BCUT2D eigenvalue weighted by Crippen LogP contribution is -2.02. The molecular formula is C10H11NO4S. The number of hydrogen-bond acceptors (Lipinski definition) is 5. The number of unbranched alkanes of at least 4 members (excludes halogenated alkanes) is 1. The zero-order chi connectivity index (χ0) is 11.9. The van der Waals surface area contributed by atoms with E-state index >= 15 is 0 Å². The van der Waals surface area contributed by atoms with Crippen LogP contribution in [0.4, 0.5) is 0 Å². The molecule has 0 aliphatic rings. The first-order chi connectivity index (χ1) is 7.67. The summed E-state index contributed by atoms with van der Waals surface area (Å²) in [6.07, 6.45) is 2.61. The van der Waals surface area contributed by atoms with E-state index in [-0.39, 0.29) is 11.3 Å². The van der Waals surface area contributed by atoms with Gasteiger partial charge in [0.25, 0.3) is 0 Å². The average Bonchev–Trinajstić information content (AvgIpc) is 2.30. The largest absolute Gasteiger partial charge is 0.358 e. The number of carbonyl (C=O) groups excluding carboxylic acids is 1. The summed E-state index contributed by atoms with van der Waals surface area (Å²) >= 11 is 0. The number of aldehydes is 1. The Morgan fingerprint density at radius 3 is 2.50 bits per heavy atom. The van der Waals surface area contributed by atoms with E-state index in [1.807, 2.05) is 0 Å². The number of carbonyl (C=O) groups is 1. The van der Waals surface area contributed by atoms with Crippen molar-refractivity contribution in [1.82, 2.24) is 0 Å². The summed E-state index contributed by atoms with van der Waals surface area (Å²) in [7, 11) is -3.83. The summed E-state index contributed by atoms with van der Waals surface area (Å²) in [5.74, 6) is 0. The second kappa shape index (κ2) is 6.02. The molecule has 0 amide bonds. The maximum atomic E-state index is 11.5. The first kappa shape index (κ1) is 12.4. The van der Waals surface area contributed by atoms with Gasteiger partial charge < -0.3 is 4.79 Å². The van der Waals surface area contributed by atoms with E-state index in [0.29, 0.717) is 6.42 Å². The van der Waals surface area contributed by atoms with E-state index in [2.05, 4.69) is 9.44 Å². The molecule has 86 valence electrons. The fourth-order valence-corrected chi connectivity index (χ4v) is 1.66. The summed E-state index contributed by atoms with van der Waals surface area (Å²) in [6, 6.07) is 7.71. The van der Waals surface area contributed by atoms with Crippen molar-refractivity contribution in [2.75, 3.05) is 0 Å². The molecule has 0 atom stereocenters. The molecule has 1 aromatic carbocycles. The van der Waals surface area contributed by atoms with Gasteiger partial charge >= 0.3 is 10.1 Å². The molecular weight excluding hydrogens is 230 g/mol. The molecule has 0 aliphatic carbocycles. The SMILES string of the molecule is O=CCC/C=N/OS(=O)(=O)c1ccccc1. The first-order valence-corrected chi connectivity index (χ1v) is 6.02. The number of oxime groups is 1. The van der Waals surface area contributed by atoms with Crippen LogP contribution < -0.4 is 0 Å². The van der Waals surface area contributed by atoms with Crippen LogP contribution in [0.2, 0.25) is 0 Å². The predicted molar refractivity (Wildman–Crippen MR) is 58.5 cm³/mol. The van der Waals surface area contributed by atoms with Crippen molar-refractivity contribution in [3.05, 3.63) is 30.3 Å². The summed E-state index contributed by atoms with van der Waals surface area (Å²) in [6.45, 7) is 0. The third-order valence-corrected chi connectivity index (χ3v) is 2.79. The van der Waals surface area contributed by atoms with Gasteiger partial charge in [-0.1, -0.05) is 23.4 Å². The third kappa shape index (κ3) is 3.82. The Balaban J connectivity index is 2.60. The normalized spacial score (nSPS) is 11.5. The Morgan fingerprint density at radius 1 is 1.19 bits per heavy atom. The molecule has 16 heavy (non-hydrogen) atoms. The van der Waals surface area contributed by atoms with Crippen LogP contribution in [-0.4, -0.2) is 20.9 Å². The maximum absolute atomic E-state index is 11.5. The minimum atomic E-state index is -3.83. The van der Waals surface area contributed by atoms with Crippen molar-refractivity contribution >= 4 is 22.6 Å². The van der Waals surface area contributed by atoms with Gasteiger partial charge in [-0.3, -0.25) is 4.28 Å². The first-order valence-electron chi connectivity index (χ1n) is 4.61. The highest BCUT2D eigenvalue weighted by Crippen LogP contribution is 2.11. The minimum Gasteiger partial charge on any atom is -0.303 e. The molecule has 0 aromatic heterocycles. The molecule has 1 rings (SSSR count). The Labute approximate surface area is 93.9 Å². The van der Waals surface area contributed by atoms with Crippen LogP contribution in [0, 0.1) is 0 Å². The Morgan fingerprint density at radius 2 is 1.88 bits per heavy atom. The third-order valence-electron chi connectivity index (χ3n) is 1.66. The second-order valence-electron chi connectivity index (χ2n) is 2.87. The van der Waals surface area contributed by atoms with E-state index in [1.54, 1.807) is 18.2 Å². The molecule has 0 saturated carbocycles. The van der Waals surface area contributed by atoms with Gasteiger partial charge in [0.2, 0.25) is 0 Å². The number of benzene rings is 1. The molecule has 0 fully saturated rings. The van der Waals surface area contributed by atoms with Crippen LogP contribution >= 0.6 is 0 Å². The molecule has 0 N–H and O–H groups in total. The van der Waals surface area contributed by atoms with Gasteiger partial charge in [0.15, 0.2) is 0 Å². The smallest absolute Gasteiger partial charge is 0.303 e. The van der Waals surface area contributed by atoms with Crippen LogP contribution in [0.25, 0.3) is 0 Å². The monoisotopic (exact) mass is 241 g/mol. The lowest BCUT2D eigenvalue weighted by atomic mass is 10.4. The van der Waals surface area contributed by atoms with E-state index < -0.39 is 10.1 Å². The Bertz CT molecular complexity index is 453. The Kier molecular flexibility index (Phi) is 4.65. The molecule has 0 bridgehead atoms. The van der Waals surface area contributed by atoms with E-state index in [9.17, 15) is 13.2 Å². The summed E-state index contributed by atoms with van der Waals surface area (Å²) in [4.78, 5) is 10.0. The van der Waals surface area contributed by atoms with Crippen LogP contribution in [-0.2, 0) is 19.2 Å². The fourth-order valence-electron chi connectivity index (χ4n) is 0.913. The van der Waals surface area contributed by atoms with Crippen molar-refractivity contribution in [1.29, 1.82) is 0 Å². The summed E-state index contributed by atoms with van der Waals surface area (Å²) in [5, 5.41) is 3.29. The molecule has 0 spiro atoms. The van der Waals surface area contributed by atoms with Crippen LogP contribution in [0.1, 0.15) is 12.8 Å². The van der Waals surface area contributed by atoms with E-state index in [4.69, 9.17) is 0 Å². The number of rotatable bonds is 6. The fraction of sp³-hybridized carbons (Fsp3) is 0.200. The molecule has 0 aliphatic heterocycles. The van der Waals surface area contributed by atoms with Gasteiger partial charge in [-0.05, 0) is 18.6 Å². The van der Waals surface area contributed by atoms with Crippen molar-refractivity contribution in [2.45, 2.75) is 17.7 Å². The van der Waals surface area contributed by atoms with E-state index in [0.717, 1.165) is 6.29 Å². The molecule has 1 aromatic rings. The maximum Gasteiger partial charge on any atom is 0.358 e. The topological polar surface area (TPSA) is 72.8 Å². The van der Waals surface area contributed by atoms with Gasteiger partial charge in [-0.2, -0.15) is 8.42 Å². The van der Waals surface area contributed by atoms with Crippen LogP contribution in [0.3, 0.4) is 0 Å². The van der Waals surface area contributed by atoms with Crippen molar-refractivity contribution < 1.29 is 17.5 Å². The van der Waals surface area contributed by atoms with Crippen LogP contribution in [0.5, 0.6) is 0 Å². The lowest BCUT2D eigenvalue weighted by molar-refractivity contribution is -0.107. The minimum absolute atomic E-state index is 0.0440.